The maximum absolute atomic E-state index is 12.4. The zero-order valence-electron chi connectivity index (χ0n) is 18.4. The highest BCUT2D eigenvalue weighted by molar-refractivity contribution is 7.80. The third-order valence-corrected chi connectivity index (χ3v) is 4.87. The van der Waals surface area contributed by atoms with Crippen LogP contribution in [-0.2, 0) is 4.74 Å². The summed E-state index contributed by atoms with van der Waals surface area (Å²) in [4.78, 5) is 24.8. The zero-order chi connectivity index (χ0) is 23.6. The first-order valence-electron chi connectivity index (χ1n) is 10.3. The first kappa shape index (κ1) is 23.9. The van der Waals surface area contributed by atoms with Crippen molar-refractivity contribution in [2.24, 2.45) is 0 Å². The number of aryl methyl sites for hydroxylation is 1. The summed E-state index contributed by atoms with van der Waals surface area (Å²) in [5.74, 6) is 0.135. The van der Waals surface area contributed by atoms with Crippen LogP contribution in [0.5, 0.6) is 5.75 Å². The summed E-state index contributed by atoms with van der Waals surface area (Å²) in [5, 5.41) is 8.71. The molecule has 0 bridgehead atoms. The zero-order valence-corrected chi connectivity index (χ0v) is 19.2. The molecule has 170 valence electrons. The lowest BCUT2D eigenvalue weighted by Gasteiger charge is -2.13. The van der Waals surface area contributed by atoms with Gasteiger partial charge in [0.2, 0.25) is 0 Å². The first-order valence-corrected chi connectivity index (χ1v) is 10.7. The molecule has 3 N–H and O–H groups in total. The van der Waals surface area contributed by atoms with Crippen molar-refractivity contribution in [3.05, 3.63) is 89.5 Å². The van der Waals surface area contributed by atoms with Crippen LogP contribution in [0.3, 0.4) is 0 Å². The van der Waals surface area contributed by atoms with Crippen LogP contribution in [0.15, 0.2) is 72.8 Å². The van der Waals surface area contributed by atoms with Gasteiger partial charge in [-0.15, -0.1) is 0 Å². The molecule has 0 radical (unpaired) electrons. The average molecular weight is 464 g/mol. The van der Waals surface area contributed by atoms with Gasteiger partial charge in [-0.25, -0.2) is 0 Å². The third kappa shape index (κ3) is 7.13. The largest absolute Gasteiger partial charge is 0.491 e. The second-order valence-corrected chi connectivity index (χ2v) is 7.53. The Kier molecular flexibility index (Phi) is 8.51. The molecular weight excluding hydrogens is 438 g/mol. The van der Waals surface area contributed by atoms with E-state index < -0.39 is 0 Å². The number of hydrogen-bond donors (Lipinski definition) is 3. The highest BCUT2D eigenvalue weighted by Crippen LogP contribution is 2.20. The fraction of sp³-hybridized carbons (Fsp3) is 0.160. The Bertz CT molecular complexity index is 1120. The van der Waals surface area contributed by atoms with Crippen molar-refractivity contribution in [3.63, 3.8) is 0 Å². The quantitative estimate of drug-likeness (QED) is 0.339. The number of amides is 2. The van der Waals surface area contributed by atoms with Gasteiger partial charge in [-0.3, -0.25) is 14.9 Å². The topological polar surface area (TPSA) is 88.7 Å². The maximum Gasteiger partial charge on any atom is 0.257 e. The predicted molar refractivity (Wildman–Crippen MR) is 133 cm³/mol. The van der Waals surface area contributed by atoms with Crippen LogP contribution >= 0.6 is 12.2 Å². The Morgan fingerprint density at radius 1 is 0.848 bits per heavy atom. The molecule has 0 aliphatic rings. The highest BCUT2D eigenvalue weighted by Gasteiger charge is 2.10. The molecule has 0 aromatic heterocycles. The lowest BCUT2D eigenvalue weighted by Crippen LogP contribution is -2.34. The summed E-state index contributed by atoms with van der Waals surface area (Å²) < 4.78 is 10.4. The van der Waals surface area contributed by atoms with Gasteiger partial charge in [0.15, 0.2) is 5.11 Å². The van der Waals surface area contributed by atoms with E-state index >= 15 is 0 Å². The number of anilines is 2. The van der Waals surface area contributed by atoms with Crippen LogP contribution in [0.25, 0.3) is 0 Å². The van der Waals surface area contributed by atoms with Gasteiger partial charge in [-0.05, 0) is 79.3 Å². The molecule has 0 saturated carbocycles. The van der Waals surface area contributed by atoms with E-state index in [4.69, 9.17) is 21.7 Å². The number of hydrogen-bond acceptors (Lipinski definition) is 5. The Morgan fingerprint density at radius 2 is 1.55 bits per heavy atom. The van der Waals surface area contributed by atoms with Gasteiger partial charge < -0.3 is 20.1 Å². The molecule has 0 aliphatic heterocycles. The molecule has 33 heavy (non-hydrogen) atoms. The summed E-state index contributed by atoms with van der Waals surface area (Å²) in [6.45, 7) is 2.80. The van der Waals surface area contributed by atoms with Crippen LogP contribution in [-0.4, -0.2) is 37.3 Å². The molecule has 8 heteroatoms. The van der Waals surface area contributed by atoms with Crippen molar-refractivity contribution in [1.82, 2.24) is 5.32 Å². The van der Waals surface area contributed by atoms with Crippen LogP contribution in [0.1, 0.15) is 26.3 Å². The second-order valence-electron chi connectivity index (χ2n) is 7.12. The number of rotatable bonds is 8. The van der Waals surface area contributed by atoms with Crippen molar-refractivity contribution in [1.29, 1.82) is 0 Å². The molecule has 0 heterocycles. The standard InChI is InChI=1S/C25H25N3O4S/c1-17-16-20(10-13-22(17)27-23(29)18-6-4-3-5-7-18)26-25(33)28-24(30)19-8-11-21(12-9-19)32-15-14-31-2/h3-13,16H,14-15H2,1-2H3,(H,27,29)(H2,26,28,30,33). The molecule has 0 aliphatic carbocycles. The molecule has 3 rings (SSSR count). The maximum atomic E-state index is 12.4. The molecule has 2 amide bonds. The predicted octanol–water partition coefficient (Wildman–Crippen LogP) is 4.40. The number of nitrogens with one attached hydrogen (secondary N) is 3. The van der Waals surface area contributed by atoms with Gasteiger partial charge in [-0.1, -0.05) is 18.2 Å². The van der Waals surface area contributed by atoms with Crippen molar-refractivity contribution in [2.75, 3.05) is 31.0 Å². The van der Waals surface area contributed by atoms with Gasteiger partial charge in [0, 0.05) is 29.6 Å². The summed E-state index contributed by atoms with van der Waals surface area (Å²) in [5.41, 5.74) is 3.27. The average Bonchev–Trinajstić information content (AvgIpc) is 2.82. The van der Waals surface area contributed by atoms with E-state index in [1.54, 1.807) is 55.6 Å². The van der Waals surface area contributed by atoms with E-state index in [1.807, 2.05) is 31.2 Å². The SMILES string of the molecule is COCCOc1ccc(C(=O)NC(=S)Nc2ccc(NC(=O)c3ccccc3)c(C)c2)cc1. The van der Waals surface area contributed by atoms with Crippen LogP contribution in [0.2, 0.25) is 0 Å². The summed E-state index contributed by atoms with van der Waals surface area (Å²) >= 11 is 5.27. The third-order valence-electron chi connectivity index (χ3n) is 4.67. The van der Waals surface area contributed by atoms with E-state index in [2.05, 4.69) is 16.0 Å². The van der Waals surface area contributed by atoms with E-state index in [0.717, 1.165) is 5.56 Å². The minimum atomic E-state index is -0.334. The number of benzene rings is 3. The minimum Gasteiger partial charge on any atom is -0.491 e. The van der Waals surface area contributed by atoms with Gasteiger partial charge in [0.25, 0.3) is 11.8 Å². The normalized spacial score (nSPS) is 10.2. The Labute approximate surface area is 198 Å². The fourth-order valence-electron chi connectivity index (χ4n) is 2.95. The van der Waals surface area contributed by atoms with Gasteiger partial charge >= 0.3 is 0 Å². The van der Waals surface area contributed by atoms with E-state index in [0.29, 0.717) is 41.5 Å². The Hall–Kier alpha value is -3.75. The number of thiocarbonyl (C=S) groups is 1. The molecular formula is C25H25N3O4S. The van der Waals surface area contributed by atoms with E-state index in [9.17, 15) is 9.59 Å². The first-order chi connectivity index (χ1) is 16.0. The summed E-state index contributed by atoms with van der Waals surface area (Å²) in [6, 6.07) is 21.1. The van der Waals surface area contributed by atoms with Gasteiger partial charge in [0.05, 0.1) is 6.61 Å². The molecule has 3 aromatic carbocycles. The molecule has 0 spiro atoms. The Morgan fingerprint density at radius 3 is 2.21 bits per heavy atom. The van der Waals surface area contributed by atoms with Gasteiger partial charge in [-0.2, -0.15) is 0 Å². The number of carbonyl (C=O) groups is 2. The van der Waals surface area contributed by atoms with Crippen molar-refractivity contribution in [2.45, 2.75) is 6.92 Å². The van der Waals surface area contributed by atoms with Crippen molar-refractivity contribution in [3.8, 4) is 5.75 Å². The number of methoxy groups -OCH3 is 1. The molecule has 0 fully saturated rings. The van der Waals surface area contributed by atoms with Crippen molar-refractivity contribution >= 4 is 40.5 Å². The fourth-order valence-corrected chi connectivity index (χ4v) is 3.16. The molecule has 7 nitrogen and oxygen atoms in total. The monoisotopic (exact) mass is 463 g/mol. The molecule has 0 saturated heterocycles. The second kappa shape index (κ2) is 11.8. The van der Waals surface area contributed by atoms with Crippen LogP contribution < -0.4 is 20.7 Å². The smallest absolute Gasteiger partial charge is 0.257 e. The molecule has 0 atom stereocenters. The molecule has 3 aromatic rings. The minimum absolute atomic E-state index is 0.167. The van der Waals surface area contributed by atoms with Crippen LogP contribution in [0, 0.1) is 6.92 Å². The number of carbonyl (C=O) groups excluding carboxylic acids is 2. The lowest BCUT2D eigenvalue weighted by atomic mass is 10.1. The summed E-state index contributed by atoms with van der Waals surface area (Å²) in [7, 11) is 1.60. The van der Waals surface area contributed by atoms with Crippen LogP contribution in [0.4, 0.5) is 11.4 Å². The Balaban J connectivity index is 1.54. The van der Waals surface area contributed by atoms with Gasteiger partial charge in [0.1, 0.15) is 12.4 Å². The van der Waals surface area contributed by atoms with E-state index in [-0.39, 0.29) is 16.9 Å². The number of ether oxygens (including phenoxy) is 2. The van der Waals surface area contributed by atoms with E-state index in [1.165, 1.54) is 0 Å². The summed E-state index contributed by atoms with van der Waals surface area (Å²) in [6.07, 6.45) is 0. The highest BCUT2D eigenvalue weighted by atomic mass is 32.1. The lowest BCUT2D eigenvalue weighted by molar-refractivity contribution is 0.0976. The molecule has 0 unspecified atom stereocenters. The van der Waals surface area contributed by atoms with Crippen molar-refractivity contribution < 1.29 is 19.1 Å².